The van der Waals surface area contributed by atoms with Crippen LogP contribution in [0.2, 0.25) is 0 Å². The van der Waals surface area contributed by atoms with Crippen LogP contribution < -0.4 is 0 Å². The molecule has 4 rings (SSSR count). The largest absolute Gasteiger partial charge is 0.344 e. The summed E-state index contributed by atoms with van der Waals surface area (Å²) in [6.45, 7) is 11.2. The van der Waals surface area contributed by atoms with Gasteiger partial charge < -0.3 is 4.57 Å². The van der Waals surface area contributed by atoms with E-state index in [9.17, 15) is 0 Å². The third-order valence-electron chi connectivity index (χ3n) is 6.24. The molecule has 0 amide bonds. The van der Waals surface area contributed by atoms with E-state index >= 15 is 0 Å². The molecule has 0 bridgehead atoms. The van der Waals surface area contributed by atoms with Crippen LogP contribution in [0.15, 0.2) is 36.4 Å². The SMILES string of the molecule is Cc1cc(C)c2c3c(n(CCc4ccccc4C)c2c1)CC(C)N(C)C3. The van der Waals surface area contributed by atoms with Gasteiger partial charge in [-0.25, -0.2) is 0 Å². The van der Waals surface area contributed by atoms with Crippen molar-refractivity contribution < 1.29 is 0 Å². The van der Waals surface area contributed by atoms with Gasteiger partial charge in [-0.15, -0.1) is 0 Å². The summed E-state index contributed by atoms with van der Waals surface area (Å²) in [5.41, 5.74) is 10.2. The maximum atomic E-state index is 2.63. The third kappa shape index (κ3) is 2.87. The van der Waals surface area contributed by atoms with Crippen molar-refractivity contribution in [3.63, 3.8) is 0 Å². The smallest absolute Gasteiger partial charge is 0.0491 e. The Balaban J connectivity index is 1.83. The molecule has 1 aromatic heterocycles. The van der Waals surface area contributed by atoms with Crippen molar-refractivity contribution >= 4 is 10.9 Å². The average molecular weight is 347 g/mol. The molecule has 0 fully saturated rings. The highest BCUT2D eigenvalue weighted by molar-refractivity contribution is 5.89. The highest BCUT2D eigenvalue weighted by Gasteiger charge is 2.27. The van der Waals surface area contributed by atoms with Crippen LogP contribution in [0.4, 0.5) is 0 Å². The van der Waals surface area contributed by atoms with Gasteiger partial charge in [-0.05, 0) is 75.0 Å². The number of nitrogens with zero attached hydrogens (tertiary/aromatic N) is 2. The predicted molar refractivity (Wildman–Crippen MR) is 111 cm³/mol. The van der Waals surface area contributed by atoms with E-state index in [2.05, 4.69) is 80.6 Å². The number of benzene rings is 2. The first-order valence-corrected chi connectivity index (χ1v) is 9.81. The highest BCUT2D eigenvalue weighted by Crippen LogP contribution is 2.35. The van der Waals surface area contributed by atoms with E-state index in [0.717, 1.165) is 25.9 Å². The maximum absolute atomic E-state index is 2.63. The Kier molecular flexibility index (Phi) is 4.40. The molecule has 0 radical (unpaired) electrons. The number of hydrogen-bond acceptors (Lipinski definition) is 1. The molecule has 136 valence electrons. The first-order valence-electron chi connectivity index (χ1n) is 9.81. The van der Waals surface area contributed by atoms with E-state index in [1.54, 1.807) is 11.3 Å². The van der Waals surface area contributed by atoms with Gasteiger partial charge in [0.05, 0.1) is 0 Å². The van der Waals surface area contributed by atoms with Gasteiger partial charge in [0, 0.05) is 42.1 Å². The molecule has 2 aromatic carbocycles. The Hall–Kier alpha value is -2.06. The van der Waals surface area contributed by atoms with Gasteiger partial charge in [-0.2, -0.15) is 0 Å². The van der Waals surface area contributed by atoms with E-state index in [-0.39, 0.29) is 0 Å². The molecule has 0 aliphatic carbocycles. The molecule has 0 spiro atoms. The van der Waals surface area contributed by atoms with E-state index in [4.69, 9.17) is 0 Å². The maximum Gasteiger partial charge on any atom is 0.0491 e. The lowest BCUT2D eigenvalue weighted by atomic mass is 9.97. The molecule has 26 heavy (non-hydrogen) atoms. The second-order valence-corrected chi connectivity index (χ2v) is 8.20. The molecule has 0 N–H and O–H groups in total. The Labute approximate surface area is 157 Å². The zero-order valence-electron chi connectivity index (χ0n) is 16.8. The minimum Gasteiger partial charge on any atom is -0.344 e. The van der Waals surface area contributed by atoms with Gasteiger partial charge >= 0.3 is 0 Å². The van der Waals surface area contributed by atoms with E-state index in [1.807, 2.05) is 0 Å². The summed E-state index contributed by atoms with van der Waals surface area (Å²) in [6.07, 6.45) is 2.24. The molecule has 0 saturated carbocycles. The summed E-state index contributed by atoms with van der Waals surface area (Å²) in [7, 11) is 2.26. The van der Waals surface area contributed by atoms with Gasteiger partial charge in [0.25, 0.3) is 0 Å². The summed E-state index contributed by atoms with van der Waals surface area (Å²) in [5.74, 6) is 0. The third-order valence-corrected chi connectivity index (χ3v) is 6.24. The number of aryl methyl sites for hydroxylation is 5. The summed E-state index contributed by atoms with van der Waals surface area (Å²) in [6, 6.07) is 14.1. The first-order chi connectivity index (χ1) is 12.5. The molecule has 1 atom stereocenters. The van der Waals surface area contributed by atoms with Crippen LogP contribution >= 0.6 is 0 Å². The van der Waals surface area contributed by atoms with Crippen molar-refractivity contribution in [1.29, 1.82) is 0 Å². The van der Waals surface area contributed by atoms with Gasteiger partial charge in [-0.1, -0.05) is 30.3 Å². The van der Waals surface area contributed by atoms with Crippen LogP contribution in [-0.4, -0.2) is 22.6 Å². The summed E-state index contributed by atoms with van der Waals surface area (Å²) >= 11 is 0. The van der Waals surface area contributed by atoms with Crippen LogP contribution in [-0.2, 0) is 25.9 Å². The average Bonchev–Trinajstić information content (AvgIpc) is 2.87. The molecule has 0 saturated heterocycles. The second kappa shape index (κ2) is 6.59. The number of likely N-dealkylation sites (N-methyl/N-ethyl adjacent to an activating group) is 1. The van der Waals surface area contributed by atoms with Crippen LogP contribution in [0, 0.1) is 20.8 Å². The number of aromatic nitrogens is 1. The molecule has 1 aliphatic heterocycles. The molecule has 1 aliphatic rings. The topological polar surface area (TPSA) is 8.17 Å². The standard InChI is InChI=1S/C24H30N2/c1-16-12-18(3)24-21-15-25(5)19(4)14-22(21)26(23(24)13-16)11-10-20-9-7-6-8-17(20)2/h6-9,12-13,19H,10-11,14-15H2,1-5H3. The van der Waals surface area contributed by atoms with Crippen molar-refractivity contribution in [3.8, 4) is 0 Å². The Morgan fingerprint density at radius 3 is 2.58 bits per heavy atom. The van der Waals surface area contributed by atoms with Crippen LogP contribution in [0.25, 0.3) is 10.9 Å². The zero-order valence-corrected chi connectivity index (χ0v) is 16.8. The quantitative estimate of drug-likeness (QED) is 0.634. The minimum atomic E-state index is 0.602. The van der Waals surface area contributed by atoms with E-state index < -0.39 is 0 Å². The van der Waals surface area contributed by atoms with Gasteiger partial charge in [-0.3, -0.25) is 4.90 Å². The molecule has 1 unspecified atom stereocenters. The monoisotopic (exact) mass is 346 g/mol. The summed E-state index contributed by atoms with van der Waals surface area (Å²) in [4.78, 5) is 2.49. The number of fused-ring (bicyclic) bond motifs is 3. The summed E-state index contributed by atoms with van der Waals surface area (Å²) < 4.78 is 2.63. The van der Waals surface area contributed by atoms with Crippen molar-refractivity contribution in [2.24, 2.45) is 0 Å². The fourth-order valence-corrected chi connectivity index (χ4v) is 4.63. The zero-order chi connectivity index (χ0) is 18.4. The van der Waals surface area contributed by atoms with Crippen molar-refractivity contribution in [1.82, 2.24) is 9.47 Å². The first kappa shape index (κ1) is 17.4. The molecule has 2 heterocycles. The van der Waals surface area contributed by atoms with Crippen molar-refractivity contribution in [3.05, 3.63) is 69.9 Å². The fourth-order valence-electron chi connectivity index (χ4n) is 4.63. The lowest BCUT2D eigenvalue weighted by molar-refractivity contribution is 0.228. The molecule has 2 heteroatoms. The van der Waals surface area contributed by atoms with Gasteiger partial charge in [0.1, 0.15) is 0 Å². The Morgan fingerprint density at radius 1 is 1.04 bits per heavy atom. The van der Waals surface area contributed by atoms with Crippen LogP contribution in [0.1, 0.15) is 40.4 Å². The molecular weight excluding hydrogens is 316 g/mol. The van der Waals surface area contributed by atoms with E-state index in [0.29, 0.717) is 6.04 Å². The van der Waals surface area contributed by atoms with Gasteiger partial charge in [0.2, 0.25) is 0 Å². The Morgan fingerprint density at radius 2 is 1.81 bits per heavy atom. The normalized spacial score (nSPS) is 17.7. The predicted octanol–water partition coefficient (Wildman–Crippen LogP) is 5.19. The minimum absolute atomic E-state index is 0.602. The Bertz CT molecular complexity index is 964. The summed E-state index contributed by atoms with van der Waals surface area (Å²) in [5, 5.41) is 1.49. The number of rotatable bonds is 3. The highest BCUT2D eigenvalue weighted by atomic mass is 15.1. The van der Waals surface area contributed by atoms with Crippen LogP contribution in [0.3, 0.4) is 0 Å². The van der Waals surface area contributed by atoms with Gasteiger partial charge in [0.15, 0.2) is 0 Å². The fraction of sp³-hybridized carbons (Fsp3) is 0.417. The van der Waals surface area contributed by atoms with Crippen molar-refractivity contribution in [2.75, 3.05) is 7.05 Å². The van der Waals surface area contributed by atoms with E-state index in [1.165, 1.54) is 33.2 Å². The molecule has 3 aromatic rings. The lowest BCUT2D eigenvalue weighted by Crippen LogP contribution is -2.35. The lowest BCUT2D eigenvalue weighted by Gasteiger charge is -2.31. The second-order valence-electron chi connectivity index (χ2n) is 8.20. The van der Waals surface area contributed by atoms with Crippen LogP contribution in [0.5, 0.6) is 0 Å². The van der Waals surface area contributed by atoms with Crippen molar-refractivity contribution in [2.45, 2.75) is 59.7 Å². The molecular formula is C24H30N2. The number of hydrogen-bond donors (Lipinski definition) is 0. The molecule has 2 nitrogen and oxygen atoms in total.